The monoisotopic (exact) mass is 488 g/mol. The first kappa shape index (κ1) is 27.5. The minimum atomic E-state index is -0.929. The molecule has 0 radical (unpaired) electrons. The lowest BCUT2D eigenvalue weighted by Crippen LogP contribution is -2.17. The van der Waals surface area contributed by atoms with E-state index in [9.17, 15) is 9.90 Å². The standard InChI is InChI=1S/C32H40O4/c1-4-6-7-8-9-10-11-25-12-14-26(15-13-25)30-21-18-28(32(33)34)22-31(30)27-16-19-29(20-17-27)36-23-24(3)35-5-2/h12-22,24H,4-11,23H2,1-3H3,(H,33,34)/t24-/m0/s1. The fourth-order valence-corrected chi connectivity index (χ4v) is 4.41. The maximum atomic E-state index is 11.7. The van der Waals surface area contributed by atoms with Crippen LogP contribution in [0.15, 0.2) is 66.7 Å². The molecule has 3 aromatic carbocycles. The third-order valence-corrected chi connectivity index (χ3v) is 6.45. The van der Waals surface area contributed by atoms with Gasteiger partial charge in [0.1, 0.15) is 12.4 Å². The van der Waals surface area contributed by atoms with Gasteiger partial charge in [-0.1, -0.05) is 81.5 Å². The largest absolute Gasteiger partial charge is 0.491 e. The van der Waals surface area contributed by atoms with Crippen molar-refractivity contribution in [2.24, 2.45) is 0 Å². The lowest BCUT2D eigenvalue weighted by molar-refractivity contribution is 0.0402. The molecule has 3 rings (SSSR count). The zero-order valence-corrected chi connectivity index (χ0v) is 22.0. The van der Waals surface area contributed by atoms with Crippen molar-refractivity contribution in [3.8, 4) is 28.0 Å². The normalized spacial score (nSPS) is 11.9. The predicted octanol–water partition coefficient (Wildman–Crippen LogP) is 8.43. The molecule has 4 heteroatoms. The molecule has 0 heterocycles. The molecule has 3 aromatic rings. The molecule has 192 valence electrons. The number of carbonyl (C=O) groups is 1. The molecule has 0 unspecified atom stereocenters. The third kappa shape index (κ3) is 8.23. The minimum absolute atomic E-state index is 0.0255. The van der Waals surface area contributed by atoms with E-state index in [1.165, 1.54) is 44.1 Å². The van der Waals surface area contributed by atoms with Gasteiger partial charge < -0.3 is 14.6 Å². The van der Waals surface area contributed by atoms with Gasteiger partial charge in [0.2, 0.25) is 0 Å². The van der Waals surface area contributed by atoms with Crippen molar-refractivity contribution in [2.45, 2.75) is 71.8 Å². The summed E-state index contributed by atoms with van der Waals surface area (Å²) in [5.41, 5.74) is 5.58. The van der Waals surface area contributed by atoms with Crippen molar-refractivity contribution >= 4 is 5.97 Å². The first-order valence-electron chi connectivity index (χ1n) is 13.3. The summed E-state index contributed by atoms with van der Waals surface area (Å²) < 4.78 is 11.4. The van der Waals surface area contributed by atoms with Crippen LogP contribution in [-0.2, 0) is 11.2 Å². The molecular weight excluding hydrogens is 448 g/mol. The third-order valence-electron chi connectivity index (χ3n) is 6.45. The molecule has 4 nitrogen and oxygen atoms in total. The summed E-state index contributed by atoms with van der Waals surface area (Å²) in [4.78, 5) is 11.7. The molecule has 1 N–H and O–H groups in total. The van der Waals surface area contributed by atoms with Gasteiger partial charge in [0.15, 0.2) is 0 Å². The lowest BCUT2D eigenvalue weighted by Gasteiger charge is -2.15. The summed E-state index contributed by atoms with van der Waals surface area (Å²) in [7, 11) is 0. The van der Waals surface area contributed by atoms with Gasteiger partial charge in [0, 0.05) is 6.61 Å². The van der Waals surface area contributed by atoms with E-state index in [0.717, 1.165) is 34.4 Å². The maximum Gasteiger partial charge on any atom is 0.335 e. The van der Waals surface area contributed by atoms with Gasteiger partial charge in [-0.15, -0.1) is 0 Å². The van der Waals surface area contributed by atoms with Crippen LogP contribution in [0.2, 0.25) is 0 Å². The van der Waals surface area contributed by atoms with E-state index in [-0.39, 0.29) is 11.7 Å². The molecule has 1 atom stereocenters. The molecule has 36 heavy (non-hydrogen) atoms. The summed E-state index contributed by atoms with van der Waals surface area (Å²) in [5, 5.41) is 9.58. The molecule has 0 fully saturated rings. The number of aryl methyl sites for hydroxylation is 1. The zero-order chi connectivity index (χ0) is 25.8. The van der Waals surface area contributed by atoms with Crippen LogP contribution in [0.5, 0.6) is 5.75 Å². The topological polar surface area (TPSA) is 55.8 Å². The van der Waals surface area contributed by atoms with Crippen molar-refractivity contribution in [1.29, 1.82) is 0 Å². The van der Waals surface area contributed by atoms with Crippen molar-refractivity contribution in [1.82, 2.24) is 0 Å². The summed E-state index contributed by atoms with van der Waals surface area (Å²) in [5.74, 6) is -0.165. The number of carboxylic acids is 1. The highest BCUT2D eigenvalue weighted by atomic mass is 16.5. The molecule has 0 saturated heterocycles. The first-order valence-corrected chi connectivity index (χ1v) is 13.3. The molecule has 0 amide bonds. The number of benzene rings is 3. The van der Waals surface area contributed by atoms with Gasteiger partial charge in [-0.05, 0) is 78.8 Å². The van der Waals surface area contributed by atoms with Crippen LogP contribution < -0.4 is 4.74 Å². The second kappa shape index (κ2) is 14.4. The fourth-order valence-electron chi connectivity index (χ4n) is 4.41. The number of hydrogen-bond acceptors (Lipinski definition) is 3. The Labute approximate surface area is 216 Å². The average Bonchev–Trinajstić information content (AvgIpc) is 2.90. The highest BCUT2D eigenvalue weighted by Crippen LogP contribution is 2.34. The molecule has 0 aromatic heterocycles. The van der Waals surface area contributed by atoms with E-state index in [0.29, 0.717) is 13.2 Å². The predicted molar refractivity (Wildman–Crippen MR) is 148 cm³/mol. The summed E-state index contributed by atoms with van der Waals surface area (Å²) in [6.07, 6.45) is 8.90. The van der Waals surface area contributed by atoms with E-state index < -0.39 is 5.97 Å². The molecule has 0 aliphatic heterocycles. The Balaban J connectivity index is 1.75. The Morgan fingerprint density at radius 3 is 2.11 bits per heavy atom. The number of ether oxygens (including phenoxy) is 2. The Hall–Kier alpha value is -3.11. The number of rotatable bonds is 15. The van der Waals surface area contributed by atoms with Gasteiger partial charge in [-0.2, -0.15) is 0 Å². The summed E-state index contributed by atoms with van der Waals surface area (Å²) in [6, 6.07) is 21.9. The SMILES string of the molecule is CCCCCCCCc1ccc(-c2ccc(C(=O)O)cc2-c2ccc(OC[C@H](C)OCC)cc2)cc1. The fraction of sp³-hybridized carbons (Fsp3) is 0.406. The van der Waals surface area contributed by atoms with Crippen LogP contribution in [0, 0.1) is 0 Å². The van der Waals surface area contributed by atoms with Gasteiger partial charge in [0.25, 0.3) is 0 Å². The van der Waals surface area contributed by atoms with Crippen LogP contribution >= 0.6 is 0 Å². The van der Waals surface area contributed by atoms with Crippen LogP contribution in [0.3, 0.4) is 0 Å². The van der Waals surface area contributed by atoms with Crippen molar-refractivity contribution in [3.05, 3.63) is 77.9 Å². The molecule has 0 bridgehead atoms. The molecule has 0 aliphatic rings. The Morgan fingerprint density at radius 2 is 1.44 bits per heavy atom. The first-order chi connectivity index (χ1) is 17.5. The van der Waals surface area contributed by atoms with E-state index in [4.69, 9.17) is 9.47 Å². The van der Waals surface area contributed by atoms with Gasteiger partial charge in [-0.3, -0.25) is 0 Å². The van der Waals surface area contributed by atoms with Crippen LogP contribution in [0.25, 0.3) is 22.3 Å². The molecule has 0 aliphatic carbocycles. The van der Waals surface area contributed by atoms with Crippen LogP contribution in [-0.4, -0.2) is 30.4 Å². The van der Waals surface area contributed by atoms with Crippen LogP contribution in [0.4, 0.5) is 0 Å². The number of carboxylic acid groups (broad SMARTS) is 1. The smallest absolute Gasteiger partial charge is 0.335 e. The second-order valence-corrected chi connectivity index (χ2v) is 9.38. The number of hydrogen-bond donors (Lipinski definition) is 1. The second-order valence-electron chi connectivity index (χ2n) is 9.38. The van der Waals surface area contributed by atoms with Gasteiger partial charge in [0.05, 0.1) is 11.7 Å². The maximum absolute atomic E-state index is 11.7. The minimum Gasteiger partial charge on any atom is -0.491 e. The Kier molecular flexibility index (Phi) is 11.0. The van der Waals surface area contributed by atoms with Gasteiger partial charge >= 0.3 is 5.97 Å². The van der Waals surface area contributed by atoms with Crippen LogP contribution in [0.1, 0.15) is 75.2 Å². The molecular formula is C32H40O4. The Bertz CT molecular complexity index is 1070. The van der Waals surface area contributed by atoms with E-state index in [1.54, 1.807) is 12.1 Å². The molecule has 0 spiro atoms. The zero-order valence-electron chi connectivity index (χ0n) is 22.0. The van der Waals surface area contributed by atoms with E-state index in [2.05, 4.69) is 31.2 Å². The highest BCUT2D eigenvalue weighted by Gasteiger charge is 2.13. The Morgan fingerprint density at radius 1 is 0.806 bits per heavy atom. The quantitative estimate of drug-likeness (QED) is 0.218. The van der Waals surface area contributed by atoms with Gasteiger partial charge in [-0.25, -0.2) is 4.79 Å². The van der Waals surface area contributed by atoms with Crippen molar-refractivity contribution < 1.29 is 19.4 Å². The van der Waals surface area contributed by atoms with Crippen molar-refractivity contribution in [3.63, 3.8) is 0 Å². The highest BCUT2D eigenvalue weighted by molar-refractivity contribution is 5.93. The number of unbranched alkanes of at least 4 members (excludes halogenated alkanes) is 5. The summed E-state index contributed by atoms with van der Waals surface area (Å²) >= 11 is 0. The van der Waals surface area contributed by atoms with E-state index in [1.807, 2.05) is 44.2 Å². The lowest BCUT2D eigenvalue weighted by atomic mass is 9.92. The number of aromatic carboxylic acids is 1. The summed E-state index contributed by atoms with van der Waals surface area (Å²) in [6.45, 7) is 7.35. The van der Waals surface area contributed by atoms with E-state index >= 15 is 0 Å². The molecule has 0 saturated carbocycles. The average molecular weight is 489 g/mol. The van der Waals surface area contributed by atoms with Crippen molar-refractivity contribution in [2.75, 3.05) is 13.2 Å².